The minimum atomic E-state index is -0.348. The molecule has 6 heteroatoms. The number of amides is 3. The molecule has 0 saturated carbocycles. The molecule has 0 spiro atoms. The molecule has 106 valence electrons. The van der Waals surface area contributed by atoms with E-state index in [9.17, 15) is 14.0 Å². The molecule has 0 aliphatic carbocycles. The molecular weight excluding hydrogens is 261 g/mol. The fraction of sp³-hybridized carbons (Fsp3) is 0.286. The average molecular weight is 277 g/mol. The third kappa shape index (κ3) is 3.34. The average Bonchev–Trinajstić information content (AvgIpc) is 2.78. The third-order valence-corrected chi connectivity index (χ3v) is 3.01. The SMILES string of the molecule is C=CCNC(=O)N[C@@H]1CC(=O)N(c2ccc(F)cc2)C1. The summed E-state index contributed by atoms with van der Waals surface area (Å²) < 4.78 is 12.9. The van der Waals surface area contributed by atoms with Gasteiger partial charge in [-0.05, 0) is 24.3 Å². The van der Waals surface area contributed by atoms with Crippen LogP contribution in [0.5, 0.6) is 0 Å². The first-order chi connectivity index (χ1) is 9.60. The molecule has 20 heavy (non-hydrogen) atoms. The van der Waals surface area contributed by atoms with Crippen LogP contribution in [0.1, 0.15) is 6.42 Å². The highest BCUT2D eigenvalue weighted by Crippen LogP contribution is 2.21. The Morgan fingerprint density at radius 1 is 1.45 bits per heavy atom. The molecule has 1 saturated heterocycles. The molecule has 2 rings (SSSR count). The lowest BCUT2D eigenvalue weighted by atomic mass is 10.2. The highest BCUT2D eigenvalue weighted by atomic mass is 19.1. The number of hydrogen-bond acceptors (Lipinski definition) is 2. The van der Waals surface area contributed by atoms with Crippen LogP contribution in [0.2, 0.25) is 0 Å². The van der Waals surface area contributed by atoms with Crippen LogP contribution in [0.4, 0.5) is 14.9 Å². The number of halogens is 1. The van der Waals surface area contributed by atoms with Gasteiger partial charge in [0.15, 0.2) is 0 Å². The van der Waals surface area contributed by atoms with Gasteiger partial charge < -0.3 is 15.5 Å². The second kappa shape index (κ2) is 6.18. The van der Waals surface area contributed by atoms with E-state index in [0.717, 1.165) is 0 Å². The maximum atomic E-state index is 12.9. The molecule has 0 radical (unpaired) electrons. The van der Waals surface area contributed by atoms with Gasteiger partial charge in [0, 0.05) is 25.2 Å². The van der Waals surface area contributed by atoms with Crippen molar-refractivity contribution in [1.29, 1.82) is 0 Å². The van der Waals surface area contributed by atoms with Crippen molar-refractivity contribution in [1.82, 2.24) is 10.6 Å². The quantitative estimate of drug-likeness (QED) is 0.818. The smallest absolute Gasteiger partial charge is 0.315 e. The number of nitrogens with zero attached hydrogens (tertiary/aromatic N) is 1. The lowest BCUT2D eigenvalue weighted by Gasteiger charge is -2.17. The molecule has 2 N–H and O–H groups in total. The van der Waals surface area contributed by atoms with Crippen LogP contribution in [-0.2, 0) is 4.79 Å². The summed E-state index contributed by atoms with van der Waals surface area (Å²) in [6.07, 6.45) is 1.81. The zero-order valence-electron chi connectivity index (χ0n) is 10.9. The van der Waals surface area contributed by atoms with Crippen molar-refractivity contribution in [3.8, 4) is 0 Å². The topological polar surface area (TPSA) is 61.4 Å². The van der Waals surface area contributed by atoms with Crippen LogP contribution in [0.15, 0.2) is 36.9 Å². The molecule has 0 unspecified atom stereocenters. The molecule has 1 aliphatic heterocycles. The summed E-state index contributed by atoms with van der Waals surface area (Å²) in [4.78, 5) is 25.0. The third-order valence-electron chi connectivity index (χ3n) is 3.01. The molecule has 1 aromatic rings. The molecule has 0 aromatic heterocycles. The summed E-state index contributed by atoms with van der Waals surface area (Å²) in [5.74, 6) is -0.440. The molecule has 5 nitrogen and oxygen atoms in total. The summed E-state index contributed by atoms with van der Waals surface area (Å²) >= 11 is 0. The van der Waals surface area contributed by atoms with Crippen LogP contribution in [0, 0.1) is 5.82 Å². The first kappa shape index (κ1) is 14.0. The van der Waals surface area contributed by atoms with Gasteiger partial charge in [0.05, 0.1) is 6.04 Å². The monoisotopic (exact) mass is 277 g/mol. The van der Waals surface area contributed by atoms with Crippen molar-refractivity contribution in [2.75, 3.05) is 18.0 Å². The van der Waals surface area contributed by atoms with Crippen molar-refractivity contribution in [3.63, 3.8) is 0 Å². The van der Waals surface area contributed by atoms with Crippen LogP contribution in [-0.4, -0.2) is 31.1 Å². The number of urea groups is 1. The standard InChI is InChI=1S/C14H16FN3O2/c1-2-7-16-14(20)17-11-8-13(19)18(9-11)12-5-3-10(15)4-6-12/h2-6,11H,1,7-9H2,(H2,16,17,20)/t11-/m1/s1. The van der Waals surface area contributed by atoms with E-state index < -0.39 is 0 Å². The lowest BCUT2D eigenvalue weighted by molar-refractivity contribution is -0.117. The summed E-state index contributed by atoms with van der Waals surface area (Å²) in [6.45, 7) is 4.25. The van der Waals surface area contributed by atoms with E-state index in [1.165, 1.54) is 17.0 Å². The normalized spacial score (nSPS) is 17.9. The molecule has 1 aliphatic rings. The summed E-state index contributed by atoms with van der Waals surface area (Å²) in [6, 6.07) is 5.13. The van der Waals surface area contributed by atoms with Gasteiger partial charge in [-0.15, -0.1) is 6.58 Å². The van der Waals surface area contributed by atoms with Crippen LogP contribution in [0.3, 0.4) is 0 Å². The van der Waals surface area contributed by atoms with E-state index in [4.69, 9.17) is 0 Å². The number of benzene rings is 1. The zero-order chi connectivity index (χ0) is 14.5. The number of hydrogen-bond donors (Lipinski definition) is 2. The number of nitrogens with one attached hydrogen (secondary N) is 2. The second-order valence-corrected chi connectivity index (χ2v) is 4.52. The van der Waals surface area contributed by atoms with Gasteiger partial charge in [-0.2, -0.15) is 0 Å². The van der Waals surface area contributed by atoms with Crippen molar-refractivity contribution >= 4 is 17.6 Å². The highest BCUT2D eigenvalue weighted by molar-refractivity contribution is 5.96. The number of carbonyl (C=O) groups is 2. The fourth-order valence-corrected chi connectivity index (χ4v) is 2.08. The zero-order valence-corrected chi connectivity index (χ0v) is 10.9. The van der Waals surface area contributed by atoms with E-state index in [2.05, 4.69) is 17.2 Å². The number of carbonyl (C=O) groups excluding carboxylic acids is 2. The van der Waals surface area contributed by atoms with Gasteiger partial charge in [-0.25, -0.2) is 9.18 Å². The first-order valence-electron chi connectivity index (χ1n) is 6.31. The molecule has 1 atom stereocenters. The molecule has 1 aromatic carbocycles. The van der Waals surface area contributed by atoms with Crippen LogP contribution < -0.4 is 15.5 Å². The Morgan fingerprint density at radius 2 is 2.15 bits per heavy atom. The Hall–Kier alpha value is -2.37. The largest absolute Gasteiger partial charge is 0.335 e. The number of anilines is 1. The van der Waals surface area contributed by atoms with E-state index in [0.29, 0.717) is 18.8 Å². The van der Waals surface area contributed by atoms with Crippen LogP contribution >= 0.6 is 0 Å². The van der Waals surface area contributed by atoms with Gasteiger partial charge in [0.1, 0.15) is 5.82 Å². The molecule has 3 amide bonds. The van der Waals surface area contributed by atoms with Gasteiger partial charge in [-0.1, -0.05) is 6.08 Å². The van der Waals surface area contributed by atoms with Crippen molar-refractivity contribution in [2.24, 2.45) is 0 Å². The van der Waals surface area contributed by atoms with Gasteiger partial charge in [-0.3, -0.25) is 4.79 Å². The second-order valence-electron chi connectivity index (χ2n) is 4.52. The Bertz CT molecular complexity index is 516. The summed E-state index contributed by atoms with van der Waals surface area (Å²) in [5.41, 5.74) is 0.632. The highest BCUT2D eigenvalue weighted by Gasteiger charge is 2.31. The lowest BCUT2D eigenvalue weighted by Crippen LogP contribution is -2.43. The summed E-state index contributed by atoms with van der Waals surface area (Å²) in [5, 5.41) is 5.31. The van der Waals surface area contributed by atoms with Gasteiger partial charge >= 0.3 is 6.03 Å². The summed E-state index contributed by atoms with van der Waals surface area (Å²) in [7, 11) is 0. The molecule has 1 fully saturated rings. The van der Waals surface area contributed by atoms with E-state index in [1.807, 2.05) is 0 Å². The fourth-order valence-electron chi connectivity index (χ4n) is 2.08. The Labute approximate surface area is 116 Å². The molecular formula is C14H16FN3O2. The van der Waals surface area contributed by atoms with E-state index in [-0.39, 0.29) is 30.2 Å². The first-order valence-corrected chi connectivity index (χ1v) is 6.31. The van der Waals surface area contributed by atoms with E-state index in [1.54, 1.807) is 18.2 Å². The van der Waals surface area contributed by atoms with Crippen molar-refractivity contribution in [3.05, 3.63) is 42.7 Å². The Balaban J connectivity index is 1.95. The minimum Gasteiger partial charge on any atom is -0.335 e. The Kier molecular flexibility index (Phi) is 4.34. The Morgan fingerprint density at radius 3 is 2.80 bits per heavy atom. The molecule has 0 bridgehead atoms. The number of rotatable bonds is 4. The minimum absolute atomic E-state index is 0.0920. The van der Waals surface area contributed by atoms with E-state index >= 15 is 0 Å². The van der Waals surface area contributed by atoms with Crippen molar-refractivity contribution in [2.45, 2.75) is 12.5 Å². The predicted octanol–water partition coefficient (Wildman–Crippen LogP) is 1.42. The van der Waals surface area contributed by atoms with Gasteiger partial charge in [0.2, 0.25) is 5.91 Å². The molecule has 1 heterocycles. The van der Waals surface area contributed by atoms with Crippen LogP contribution in [0.25, 0.3) is 0 Å². The maximum Gasteiger partial charge on any atom is 0.315 e. The van der Waals surface area contributed by atoms with Crippen molar-refractivity contribution < 1.29 is 14.0 Å². The van der Waals surface area contributed by atoms with Gasteiger partial charge in [0.25, 0.3) is 0 Å². The predicted molar refractivity (Wildman–Crippen MR) is 73.9 cm³/mol. The maximum absolute atomic E-state index is 12.9.